The maximum absolute atomic E-state index is 5.87. The molecule has 2 heterocycles. The number of fused-ring (bicyclic) bond motifs is 1. The summed E-state index contributed by atoms with van der Waals surface area (Å²) < 4.78 is 0. The summed E-state index contributed by atoms with van der Waals surface area (Å²) >= 11 is 0. The van der Waals surface area contributed by atoms with Crippen LogP contribution in [0, 0.1) is 6.92 Å². The Hall–Kier alpha value is -2.03. The van der Waals surface area contributed by atoms with Crippen molar-refractivity contribution in [2.45, 2.75) is 19.9 Å². The van der Waals surface area contributed by atoms with E-state index in [-0.39, 0.29) is 0 Å². The van der Waals surface area contributed by atoms with Crippen LogP contribution in [0.3, 0.4) is 0 Å². The number of aryl methyl sites for hydroxylation is 1. The molecule has 0 fully saturated rings. The van der Waals surface area contributed by atoms with Crippen LogP contribution in [-0.4, -0.2) is 11.5 Å². The van der Waals surface area contributed by atoms with Crippen molar-refractivity contribution in [2.24, 2.45) is 0 Å². The standard InChI is InChI=1S/C15H17N3/c1-11-3-2-4-14(17-11)10-18-8-7-12-5-6-13(16)9-15(12)18/h2-6,9H,7-8,10,16H2,1H3. The summed E-state index contributed by atoms with van der Waals surface area (Å²) in [6, 6.07) is 12.4. The van der Waals surface area contributed by atoms with Crippen LogP contribution < -0.4 is 10.6 Å². The van der Waals surface area contributed by atoms with E-state index in [2.05, 4.69) is 34.1 Å². The summed E-state index contributed by atoms with van der Waals surface area (Å²) in [5.74, 6) is 0. The van der Waals surface area contributed by atoms with Crippen LogP contribution in [0.15, 0.2) is 36.4 Å². The number of hydrogen-bond donors (Lipinski definition) is 1. The monoisotopic (exact) mass is 239 g/mol. The van der Waals surface area contributed by atoms with Crippen molar-refractivity contribution in [3.63, 3.8) is 0 Å². The Balaban J connectivity index is 1.86. The summed E-state index contributed by atoms with van der Waals surface area (Å²) in [7, 11) is 0. The van der Waals surface area contributed by atoms with Crippen molar-refractivity contribution in [1.82, 2.24) is 4.98 Å². The number of nitrogens with two attached hydrogens (primary N) is 1. The van der Waals surface area contributed by atoms with Crippen LogP contribution in [-0.2, 0) is 13.0 Å². The van der Waals surface area contributed by atoms with Gasteiger partial charge in [-0.1, -0.05) is 12.1 Å². The van der Waals surface area contributed by atoms with Crippen LogP contribution in [0.5, 0.6) is 0 Å². The van der Waals surface area contributed by atoms with Gasteiger partial charge in [0.25, 0.3) is 0 Å². The molecular weight excluding hydrogens is 222 g/mol. The first kappa shape index (κ1) is 11.1. The van der Waals surface area contributed by atoms with Gasteiger partial charge in [0.15, 0.2) is 0 Å². The zero-order chi connectivity index (χ0) is 12.5. The van der Waals surface area contributed by atoms with E-state index in [1.165, 1.54) is 11.3 Å². The molecule has 18 heavy (non-hydrogen) atoms. The third kappa shape index (κ3) is 2.04. The lowest BCUT2D eigenvalue weighted by Crippen LogP contribution is -2.20. The van der Waals surface area contributed by atoms with E-state index in [0.29, 0.717) is 0 Å². The van der Waals surface area contributed by atoms with E-state index in [9.17, 15) is 0 Å². The molecule has 0 radical (unpaired) electrons. The van der Waals surface area contributed by atoms with E-state index in [1.807, 2.05) is 19.1 Å². The first-order valence-electron chi connectivity index (χ1n) is 6.28. The summed E-state index contributed by atoms with van der Waals surface area (Å²) in [6.07, 6.45) is 1.10. The number of pyridine rings is 1. The van der Waals surface area contributed by atoms with Crippen molar-refractivity contribution in [3.8, 4) is 0 Å². The van der Waals surface area contributed by atoms with Gasteiger partial charge in [-0.3, -0.25) is 4.98 Å². The minimum absolute atomic E-state index is 0.831. The molecule has 1 aliphatic rings. The van der Waals surface area contributed by atoms with Crippen LogP contribution in [0.4, 0.5) is 11.4 Å². The van der Waals surface area contributed by atoms with E-state index >= 15 is 0 Å². The highest BCUT2D eigenvalue weighted by molar-refractivity contribution is 5.64. The lowest BCUT2D eigenvalue weighted by Gasteiger charge is -2.19. The SMILES string of the molecule is Cc1cccc(CN2CCc3ccc(N)cc32)n1. The highest BCUT2D eigenvalue weighted by atomic mass is 15.2. The summed E-state index contributed by atoms with van der Waals surface area (Å²) in [5, 5.41) is 0. The van der Waals surface area contributed by atoms with Crippen molar-refractivity contribution >= 4 is 11.4 Å². The van der Waals surface area contributed by atoms with Crippen molar-refractivity contribution in [3.05, 3.63) is 53.3 Å². The molecule has 0 saturated heterocycles. The molecule has 0 aliphatic carbocycles. The lowest BCUT2D eigenvalue weighted by atomic mass is 10.1. The first-order valence-corrected chi connectivity index (χ1v) is 6.28. The van der Waals surface area contributed by atoms with Crippen molar-refractivity contribution in [2.75, 3.05) is 17.2 Å². The lowest BCUT2D eigenvalue weighted by molar-refractivity contribution is 0.811. The fourth-order valence-electron chi connectivity index (χ4n) is 2.51. The molecule has 0 amide bonds. The van der Waals surface area contributed by atoms with Crippen LogP contribution in [0.2, 0.25) is 0 Å². The number of nitrogen functional groups attached to an aromatic ring is 1. The van der Waals surface area contributed by atoms with Gasteiger partial charge in [0, 0.05) is 23.6 Å². The summed E-state index contributed by atoms with van der Waals surface area (Å²) in [4.78, 5) is 6.91. The predicted molar refractivity (Wildman–Crippen MR) is 74.6 cm³/mol. The highest BCUT2D eigenvalue weighted by Crippen LogP contribution is 2.30. The average molecular weight is 239 g/mol. The van der Waals surface area contributed by atoms with Gasteiger partial charge in [0.1, 0.15) is 0 Å². The third-order valence-corrected chi connectivity index (χ3v) is 3.40. The maximum Gasteiger partial charge on any atom is 0.0602 e. The van der Waals surface area contributed by atoms with Crippen LogP contribution in [0.25, 0.3) is 0 Å². The topological polar surface area (TPSA) is 42.1 Å². The average Bonchev–Trinajstić information content (AvgIpc) is 2.72. The van der Waals surface area contributed by atoms with Gasteiger partial charge < -0.3 is 10.6 Å². The summed E-state index contributed by atoms with van der Waals surface area (Å²) in [6.45, 7) is 3.94. The molecule has 1 aliphatic heterocycles. The molecular formula is C15H17N3. The van der Waals surface area contributed by atoms with Crippen molar-refractivity contribution < 1.29 is 0 Å². The molecule has 2 N–H and O–H groups in total. The van der Waals surface area contributed by atoms with Gasteiger partial charge in [-0.25, -0.2) is 0 Å². The minimum atomic E-state index is 0.831. The zero-order valence-corrected chi connectivity index (χ0v) is 10.6. The number of anilines is 2. The maximum atomic E-state index is 5.87. The van der Waals surface area contributed by atoms with E-state index in [0.717, 1.165) is 36.6 Å². The Morgan fingerprint density at radius 3 is 3.00 bits per heavy atom. The van der Waals surface area contributed by atoms with Gasteiger partial charge in [-0.15, -0.1) is 0 Å². The Morgan fingerprint density at radius 2 is 2.17 bits per heavy atom. The van der Waals surface area contributed by atoms with Crippen molar-refractivity contribution in [1.29, 1.82) is 0 Å². The first-order chi connectivity index (χ1) is 8.72. The number of nitrogens with zero attached hydrogens (tertiary/aromatic N) is 2. The Bertz CT molecular complexity index is 578. The molecule has 0 spiro atoms. The molecule has 3 nitrogen and oxygen atoms in total. The van der Waals surface area contributed by atoms with Gasteiger partial charge in [0.05, 0.1) is 12.2 Å². The fraction of sp³-hybridized carbons (Fsp3) is 0.267. The quantitative estimate of drug-likeness (QED) is 0.819. The second-order valence-corrected chi connectivity index (χ2v) is 4.83. The molecule has 0 bridgehead atoms. The molecule has 0 unspecified atom stereocenters. The van der Waals surface area contributed by atoms with Gasteiger partial charge in [0.2, 0.25) is 0 Å². The largest absolute Gasteiger partial charge is 0.399 e. The minimum Gasteiger partial charge on any atom is -0.399 e. The van der Waals surface area contributed by atoms with Crippen LogP contribution >= 0.6 is 0 Å². The fourth-order valence-corrected chi connectivity index (χ4v) is 2.51. The van der Waals surface area contributed by atoms with Gasteiger partial charge >= 0.3 is 0 Å². The number of hydrogen-bond acceptors (Lipinski definition) is 3. The van der Waals surface area contributed by atoms with Gasteiger partial charge in [-0.2, -0.15) is 0 Å². The number of benzene rings is 1. The molecule has 0 saturated carbocycles. The zero-order valence-electron chi connectivity index (χ0n) is 10.6. The smallest absolute Gasteiger partial charge is 0.0602 e. The predicted octanol–water partition coefficient (Wildman–Crippen LogP) is 2.53. The second-order valence-electron chi connectivity index (χ2n) is 4.83. The van der Waals surface area contributed by atoms with Crippen LogP contribution in [0.1, 0.15) is 17.0 Å². The molecule has 92 valence electrons. The van der Waals surface area contributed by atoms with E-state index < -0.39 is 0 Å². The summed E-state index contributed by atoms with van der Waals surface area (Å²) in [5.41, 5.74) is 11.5. The molecule has 1 aromatic carbocycles. The molecule has 1 aromatic heterocycles. The Kier molecular flexibility index (Phi) is 2.67. The van der Waals surface area contributed by atoms with Gasteiger partial charge in [-0.05, 0) is 43.2 Å². The third-order valence-electron chi connectivity index (χ3n) is 3.40. The number of rotatable bonds is 2. The molecule has 0 atom stereocenters. The second kappa shape index (κ2) is 4.33. The highest BCUT2D eigenvalue weighted by Gasteiger charge is 2.19. The Morgan fingerprint density at radius 1 is 1.28 bits per heavy atom. The number of aromatic nitrogens is 1. The Labute approximate surface area is 107 Å². The normalized spacial score (nSPS) is 13.7. The molecule has 3 rings (SSSR count). The molecule has 3 heteroatoms. The van der Waals surface area contributed by atoms with E-state index in [4.69, 9.17) is 5.73 Å². The molecule has 2 aromatic rings. The van der Waals surface area contributed by atoms with E-state index in [1.54, 1.807) is 0 Å².